The third-order valence-corrected chi connectivity index (χ3v) is 2.90. The zero-order chi connectivity index (χ0) is 14.9. The molecule has 0 bridgehead atoms. The van der Waals surface area contributed by atoms with Crippen LogP contribution in [0.2, 0.25) is 0 Å². The third kappa shape index (κ3) is 19.4. The second-order valence-corrected chi connectivity index (χ2v) is 4.80. The van der Waals surface area contributed by atoms with Gasteiger partial charge < -0.3 is 4.74 Å². The first-order chi connectivity index (χ1) is 9.12. The van der Waals surface area contributed by atoms with Gasteiger partial charge in [0.05, 0.1) is 6.61 Å². The van der Waals surface area contributed by atoms with Crippen LogP contribution in [0.1, 0.15) is 72.1 Å². The fraction of sp³-hybridized carbons (Fsp3) is 0.867. The Kier molecular flexibility index (Phi) is 17.9. The van der Waals surface area contributed by atoms with Crippen LogP contribution in [-0.4, -0.2) is 18.7 Å². The minimum Gasteiger partial charge on any atom is -0.466 e. The van der Waals surface area contributed by atoms with Gasteiger partial charge in [0, 0.05) is 6.42 Å². The second kappa shape index (κ2) is 16.9. The predicted octanol–water partition coefficient (Wildman–Crippen LogP) is 3.74. The van der Waals surface area contributed by atoms with Crippen molar-refractivity contribution in [2.45, 2.75) is 72.1 Å². The molecule has 0 aromatic heterocycles. The topological polar surface area (TPSA) is 60.4 Å². The molecule has 1 atom stereocenters. The van der Waals surface area contributed by atoms with E-state index in [4.69, 9.17) is 14.3 Å². The Morgan fingerprint density at radius 2 is 1.63 bits per heavy atom. The number of rotatable bonds is 10. The number of ether oxygens (including phenoxy) is 1. The van der Waals surface area contributed by atoms with Crippen molar-refractivity contribution in [2.24, 2.45) is 5.92 Å². The zero-order valence-corrected chi connectivity index (χ0v) is 12.6. The van der Waals surface area contributed by atoms with E-state index < -0.39 is 0 Å². The quantitative estimate of drug-likeness (QED) is 0.449. The summed E-state index contributed by atoms with van der Waals surface area (Å²) in [5, 5.41) is 0. The molecule has 0 radical (unpaired) electrons. The third-order valence-electron chi connectivity index (χ3n) is 2.90. The van der Waals surface area contributed by atoms with E-state index in [9.17, 15) is 4.79 Å². The number of unbranched alkanes of at least 4 members (excludes halogenated alkanes) is 3. The molecular formula is C15H28O4. The highest BCUT2D eigenvalue weighted by atomic mass is 16.5. The van der Waals surface area contributed by atoms with Gasteiger partial charge >= 0.3 is 12.1 Å². The molecule has 0 saturated heterocycles. The Balaban J connectivity index is 0. The number of hydrogen-bond donors (Lipinski definition) is 0. The second-order valence-electron chi connectivity index (χ2n) is 4.80. The molecule has 0 aliphatic carbocycles. The molecule has 4 heteroatoms. The van der Waals surface area contributed by atoms with Crippen LogP contribution in [0.3, 0.4) is 0 Å². The maximum absolute atomic E-state index is 11.3. The molecule has 19 heavy (non-hydrogen) atoms. The lowest BCUT2D eigenvalue weighted by atomic mass is 9.98. The molecule has 0 spiro atoms. The monoisotopic (exact) mass is 272 g/mol. The van der Waals surface area contributed by atoms with Crippen LogP contribution >= 0.6 is 0 Å². The number of carbonyl (C=O) groups excluding carboxylic acids is 3. The Morgan fingerprint density at radius 1 is 1.05 bits per heavy atom. The maximum atomic E-state index is 11.3. The fourth-order valence-corrected chi connectivity index (χ4v) is 1.65. The van der Waals surface area contributed by atoms with Crippen LogP contribution in [0.4, 0.5) is 0 Å². The molecule has 0 heterocycles. The highest BCUT2D eigenvalue weighted by molar-refractivity contribution is 5.69. The Hall–Kier alpha value is -1.15. The molecule has 0 saturated carbocycles. The van der Waals surface area contributed by atoms with Gasteiger partial charge in [0.2, 0.25) is 0 Å². The molecule has 1 unspecified atom stereocenters. The Labute approximate surface area is 116 Å². The molecule has 4 nitrogen and oxygen atoms in total. The maximum Gasteiger partial charge on any atom is 0.373 e. The molecule has 0 aliphatic rings. The Bertz CT molecular complexity index is 232. The van der Waals surface area contributed by atoms with Gasteiger partial charge in [-0.1, -0.05) is 52.9 Å². The number of hydrogen-bond acceptors (Lipinski definition) is 4. The highest BCUT2D eigenvalue weighted by Crippen LogP contribution is 2.15. The average molecular weight is 272 g/mol. The van der Waals surface area contributed by atoms with Crippen LogP contribution in [0.25, 0.3) is 0 Å². The summed E-state index contributed by atoms with van der Waals surface area (Å²) in [6.45, 7) is 7.15. The van der Waals surface area contributed by atoms with Gasteiger partial charge in [-0.2, -0.15) is 9.59 Å². The van der Waals surface area contributed by atoms with E-state index in [0.29, 0.717) is 18.9 Å². The zero-order valence-electron chi connectivity index (χ0n) is 12.6. The molecule has 0 rings (SSSR count). The molecule has 0 N–H and O–H groups in total. The van der Waals surface area contributed by atoms with Gasteiger partial charge in [-0.05, 0) is 18.8 Å². The molecular weight excluding hydrogens is 244 g/mol. The van der Waals surface area contributed by atoms with Crippen molar-refractivity contribution >= 4 is 12.1 Å². The summed E-state index contributed by atoms with van der Waals surface area (Å²) in [5.74, 6) is 0.640. The van der Waals surface area contributed by atoms with Crippen LogP contribution in [0.15, 0.2) is 0 Å². The van der Waals surface area contributed by atoms with Crippen molar-refractivity contribution in [1.29, 1.82) is 0 Å². The molecule has 0 fully saturated rings. The van der Waals surface area contributed by atoms with Gasteiger partial charge in [0.1, 0.15) is 0 Å². The van der Waals surface area contributed by atoms with Crippen molar-refractivity contribution in [1.82, 2.24) is 0 Å². The minimum absolute atomic E-state index is 0.0178. The van der Waals surface area contributed by atoms with Gasteiger partial charge in [-0.15, -0.1) is 0 Å². The lowest BCUT2D eigenvalue weighted by molar-refractivity contribution is -0.191. The van der Waals surface area contributed by atoms with Crippen molar-refractivity contribution < 1.29 is 19.1 Å². The first-order valence-corrected chi connectivity index (χ1v) is 7.27. The van der Waals surface area contributed by atoms with Crippen molar-refractivity contribution in [3.8, 4) is 0 Å². The van der Waals surface area contributed by atoms with Crippen molar-refractivity contribution in [2.75, 3.05) is 6.61 Å². The van der Waals surface area contributed by atoms with Crippen LogP contribution in [0.5, 0.6) is 0 Å². The number of esters is 1. The summed E-state index contributed by atoms with van der Waals surface area (Å²) in [6.07, 6.45) is 9.01. The average Bonchev–Trinajstić information content (AvgIpc) is 2.38. The largest absolute Gasteiger partial charge is 0.466 e. The van der Waals surface area contributed by atoms with Gasteiger partial charge in [0.15, 0.2) is 0 Å². The van der Waals surface area contributed by atoms with Crippen LogP contribution in [-0.2, 0) is 19.1 Å². The van der Waals surface area contributed by atoms with E-state index in [0.717, 1.165) is 19.3 Å². The van der Waals surface area contributed by atoms with E-state index >= 15 is 0 Å². The molecule has 0 aromatic rings. The summed E-state index contributed by atoms with van der Waals surface area (Å²) < 4.78 is 5.12. The van der Waals surface area contributed by atoms with Gasteiger partial charge in [0.25, 0.3) is 0 Å². The summed E-state index contributed by atoms with van der Waals surface area (Å²) in [4.78, 5) is 27.6. The van der Waals surface area contributed by atoms with E-state index in [1.54, 1.807) is 0 Å². The summed E-state index contributed by atoms with van der Waals surface area (Å²) in [5.41, 5.74) is 0. The van der Waals surface area contributed by atoms with Crippen LogP contribution < -0.4 is 0 Å². The van der Waals surface area contributed by atoms with Gasteiger partial charge in [-0.25, -0.2) is 0 Å². The SMILES string of the molecule is CCCCCC(C)CCC(=O)OCCCC.O=C=O. The van der Waals surface area contributed by atoms with Crippen LogP contribution in [0, 0.1) is 5.92 Å². The standard InChI is InChI=1S/C14H28O2.CO2/c1-4-6-8-9-13(3)10-11-14(15)16-12-7-5-2;2-1-3/h13H,4-12H2,1-3H3;. The summed E-state index contributed by atoms with van der Waals surface area (Å²) >= 11 is 0. The fourth-order valence-electron chi connectivity index (χ4n) is 1.65. The summed E-state index contributed by atoms with van der Waals surface area (Å²) in [7, 11) is 0. The van der Waals surface area contributed by atoms with Gasteiger partial charge in [-0.3, -0.25) is 4.79 Å². The molecule has 0 aliphatic heterocycles. The smallest absolute Gasteiger partial charge is 0.373 e. The Morgan fingerprint density at radius 3 is 2.16 bits per heavy atom. The van der Waals surface area contributed by atoms with E-state index in [1.165, 1.54) is 25.7 Å². The normalized spacial score (nSPS) is 10.9. The lowest BCUT2D eigenvalue weighted by Gasteiger charge is -2.10. The van der Waals surface area contributed by atoms with E-state index in [1.807, 2.05) is 0 Å². The molecule has 0 aromatic carbocycles. The minimum atomic E-state index is -0.0178. The van der Waals surface area contributed by atoms with E-state index in [-0.39, 0.29) is 12.1 Å². The molecule has 112 valence electrons. The van der Waals surface area contributed by atoms with E-state index in [2.05, 4.69) is 20.8 Å². The van der Waals surface area contributed by atoms with Crippen molar-refractivity contribution in [3.05, 3.63) is 0 Å². The first-order valence-electron chi connectivity index (χ1n) is 7.27. The molecule has 0 amide bonds. The predicted molar refractivity (Wildman–Crippen MR) is 73.4 cm³/mol. The lowest BCUT2D eigenvalue weighted by Crippen LogP contribution is -2.07. The highest BCUT2D eigenvalue weighted by Gasteiger charge is 2.07. The summed E-state index contributed by atoms with van der Waals surface area (Å²) in [6, 6.07) is 0. The van der Waals surface area contributed by atoms with Crippen molar-refractivity contribution in [3.63, 3.8) is 0 Å². The number of carbonyl (C=O) groups is 1. The first kappa shape index (κ1) is 20.2.